The highest BCUT2D eigenvalue weighted by atomic mass is 79.9. The zero-order valence-electron chi connectivity index (χ0n) is 7.08. The lowest BCUT2D eigenvalue weighted by atomic mass is 10.1. The van der Waals surface area contributed by atoms with E-state index in [4.69, 9.17) is 5.73 Å². The molecule has 1 heterocycles. The number of aldehydes is 1. The second-order valence-electron chi connectivity index (χ2n) is 3.23. The highest BCUT2D eigenvalue weighted by Crippen LogP contribution is 2.16. The number of hydrogen-bond acceptors (Lipinski definition) is 3. The largest absolute Gasteiger partial charge is 0.327 e. The molecule has 0 aliphatic carbocycles. The van der Waals surface area contributed by atoms with Gasteiger partial charge in [-0.2, -0.15) is 0 Å². The van der Waals surface area contributed by atoms with Gasteiger partial charge in [0.25, 0.3) is 0 Å². The second kappa shape index (κ2) is 4.94. The molecule has 0 aromatic rings. The normalized spacial score (nSPS) is 28.3. The summed E-state index contributed by atoms with van der Waals surface area (Å²) in [4.78, 5) is 12.7. The minimum Gasteiger partial charge on any atom is -0.327 e. The molecule has 1 fully saturated rings. The predicted octanol–water partition coefficient (Wildman–Crippen LogP) is 0.719. The maximum absolute atomic E-state index is 10.3. The van der Waals surface area contributed by atoms with Crippen LogP contribution in [0.25, 0.3) is 0 Å². The quantitative estimate of drug-likeness (QED) is 0.445. The molecule has 1 aliphatic rings. The van der Waals surface area contributed by atoms with Crippen LogP contribution in [-0.2, 0) is 4.79 Å². The standard InChI is InChI=1S/C8H15BrN2O/c9-8(3-5-12)11-4-1-2-7(10)6-11/h5,7-8H,1-4,6,10H2. The third kappa shape index (κ3) is 2.84. The first kappa shape index (κ1) is 10.2. The summed E-state index contributed by atoms with van der Waals surface area (Å²) in [6, 6.07) is 0.283. The van der Waals surface area contributed by atoms with E-state index in [0.717, 1.165) is 32.2 Å². The van der Waals surface area contributed by atoms with Gasteiger partial charge in [0.1, 0.15) is 6.29 Å². The smallest absolute Gasteiger partial charge is 0.122 e. The fraction of sp³-hybridized carbons (Fsp3) is 0.875. The van der Waals surface area contributed by atoms with Crippen molar-refractivity contribution in [3.63, 3.8) is 0 Å². The van der Waals surface area contributed by atoms with Crippen LogP contribution in [0.5, 0.6) is 0 Å². The number of alkyl halides is 1. The molecular weight excluding hydrogens is 220 g/mol. The zero-order chi connectivity index (χ0) is 8.97. The topological polar surface area (TPSA) is 46.3 Å². The first-order chi connectivity index (χ1) is 5.74. The van der Waals surface area contributed by atoms with Gasteiger partial charge in [0.15, 0.2) is 0 Å². The van der Waals surface area contributed by atoms with Crippen LogP contribution in [0, 0.1) is 0 Å². The first-order valence-electron chi connectivity index (χ1n) is 4.31. The molecule has 70 valence electrons. The molecular formula is C8H15BrN2O. The van der Waals surface area contributed by atoms with Gasteiger partial charge in [-0.25, -0.2) is 0 Å². The number of halogens is 1. The molecule has 0 spiro atoms. The number of hydrogen-bond donors (Lipinski definition) is 1. The highest BCUT2D eigenvalue weighted by Gasteiger charge is 2.21. The Kier molecular flexibility index (Phi) is 4.18. The molecule has 0 amide bonds. The molecule has 0 aromatic carbocycles. The summed E-state index contributed by atoms with van der Waals surface area (Å²) >= 11 is 3.47. The van der Waals surface area contributed by atoms with Crippen molar-refractivity contribution in [3.05, 3.63) is 0 Å². The van der Waals surface area contributed by atoms with Gasteiger partial charge < -0.3 is 10.5 Å². The molecule has 1 saturated heterocycles. The lowest BCUT2D eigenvalue weighted by molar-refractivity contribution is -0.108. The van der Waals surface area contributed by atoms with Crippen LogP contribution in [0.4, 0.5) is 0 Å². The van der Waals surface area contributed by atoms with E-state index in [1.165, 1.54) is 0 Å². The van der Waals surface area contributed by atoms with E-state index in [9.17, 15) is 4.79 Å². The van der Waals surface area contributed by atoms with Gasteiger partial charge in [0.05, 0.1) is 4.95 Å². The van der Waals surface area contributed by atoms with Crippen molar-refractivity contribution in [2.24, 2.45) is 5.73 Å². The van der Waals surface area contributed by atoms with Gasteiger partial charge in [-0.05, 0) is 19.4 Å². The molecule has 12 heavy (non-hydrogen) atoms. The molecule has 2 unspecified atom stereocenters. The van der Waals surface area contributed by atoms with Gasteiger partial charge in [0, 0.05) is 19.0 Å². The number of piperidine rings is 1. The van der Waals surface area contributed by atoms with Crippen LogP contribution >= 0.6 is 15.9 Å². The zero-order valence-corrected chi connectivity index (χ0v) is 8.66. The van der Waals surface area contributed by atoms with Crippen LogP contribution in [0.2, 0.25) is 0 Å². The number of carbonyl (C=O) groups excluding carboxylic acids is 1. The Balaban J connectivity index is 2.34. The minimum absolute atomic E-state index is 0.182. The van der Waals surface area contributed by atoms with E-state index in [0.29, 0.717) is 6.42 Å². The molecule has 4 heteroatoms. The maximum atomic E-state index is 10.3. The van der Waals surface area contributed by atoms with E-state index < -0.39 is 0 Å². The number of rotatable bonds is 3. The molecule has 0 aromatic heterocycles. The molecule has 1 aliphatic heterocycles. The summed E-state index contributed by atoms with van der Waals surface area (Å²) in [5.74, 6) is 0. The Morgan fingerprint density at radius 2 is 2.50 bits per heavy atom. The SMILES string of the molecule is NC1CCCN(C(Br)CC=O)C1. The predicted molar refractivity (Wildman–Crippen MR) is 52.2 cm³/mol. The summed E-state index contributed by atoms with van der Waals surface area (Å²) in [6.45, 7) is 1.96. The van der Waals surface area contributed by atoms with Crippen molar-refractivity contribution in [1.29, 1.82) is 0 Å². The lowest BCUT2D eigenvalue weighted by Crippen LogP contribution is -2.45. The first-order valence-corrected chi connectivity index (χ1v) is 5.23. The molecule has 1 rings (SSSR count). The molecule has 3 nitrogen and oxygen atoms in total. The Morgan fingerprint density at radius 3 is 3.08 bits per heavy atom. The fourth-order valence-electron chi connectivity index (χ4n) is 1.52. The molecule has 2 N–H and O–H groups in total. The molecule has 0 radical (unpaired) electrons. The summed E-state index contributed by atoms with van der Waals surface area (Å²) < 4.78 is 0. The molecule has 0 bridgehead atoms. The fourth-order valence-corrected chi connectivity index (χ4v) is 2.05. The third-order valence-electron chi connectivity index (χ3n) is 2.18. The van der Waals surface area contributed by atoms with Crippen molar-refractivity contribution in [2.45, 2.75) is 30.3 Å². The van der Waals surface area contributed by atoms with Crippen molar-refractivity contribution in [2.75, 3.05) is 13.1 Å². The monoisotopic (exact) mass is 234 g/mol. The summed E-state index contributed by atoms with van der Waals surface area (Å²) in [5, 5.41) is 0. The van der Waals surface area contributed by atoms with E-state index in [-0.39, 0.29) is 11.0 Å². The van der Waals surface area contributed by atoms with Crippen LogP contribution in [0.15, 0.2) is 0 Å². The summed E-state index contributed by atoms with van der Waals surface area (Å²) in [6.07, 6.45) is 3.74. The van der Waals surface area contributed by atoms with Gasteiger partial charge >= 0.3 is 0 Å². The molecule has 0 saturated carbocycles. The summed E-state index contributed by atoms with van der Waals surface area (Å²) in [7, 11) is 0. The highest BCUT2D eigenvalue weighted by molar-refractivity contribution is 9.09. The van der Waals surface area contributed by atoms with Gasteiger partial charge in [-0.3, -0.25) is 4.90 Å². The summed E-state index contributed by atoms with van der Waals surface area (Å²) in [5.41, 5.74) is 5.81. The Hall–Kier alpha value is 0.0700. The number of likely N-dealkylation sites (tertiary alicyclic amines) is 1. The van der Waals surface area contributed by atoms with E-state index in [2.05, 4.69) is 20.8 Å². The van der Waals surface area contributed by atoms with E-state index in [1.807, 2.05) is 0 Å². The van der Waals surface area contributed by atoms with E-state index >= 15 is 0 Å². The lowest BCUT2D eigenvalue weighted by Gasteiger charge is -2.33. The third-order valence-corrected chi connectivity index (χ3v) is 3.13. The van der Waals surface area contributed by atoms with Gasteiger partial charge in [0.2, 0.25) is 0 Å². The van der Waals surface area contributed by atoms with Crippen molar-refractivity contribution in [3.8, 4) is 0 Å². The Labute approximate surface area is 81.4 Å². The van der Waals surface area contributed by atoms with Crippen molar-refractivity contribution in [1.82, 2.24) is 4.90 Å². The van der Waals surface area contributed by atoms with E-state index in [1.54, 1.807) is 0 Å². The van der Waals surface area contributed by atoms with Crippen LogP contribution in [0.1, 0.15) is 19.3 Å². The van der Waals surface area contributed by atoms with Crippen LogP contribution in [0.3, 0.4) is 0 Å². The second-order valence-corrected chi connectivity index (χ2v) is 4.29. The van der Waals surface area contributed by atoms with Gasteiger partial charge in [-0.15, -0.1) is 0 Å². The van der Waals surface area contributed by atoms with Crippen LogP contribution in [-0.4, -0.2) is 35.3 Å². The average molecular weight is 235 g/mol. The molecule has 2 atom stereocenters. The van der Waals surface area contributed by atoms with Gasteiger partial charge in [-0.1, -0.05) is 15.9 Å². The van der Waals surface area contributed by atoms with Crippen LogP contribution < -0.4 is 5.73 Å². The average Bonchev–Trinajstić information content (AvgIpc) is 2.05. The van der Waals surface area contributed by atoms with Crippen molar-refractivity contribution < 1.29 is 4.79 Å². The Bertz CT molecular complexity index is 154. The number of nitrogens with two attached hydrogens (primary N) is 1. The number of carbonyl (C=O) groups is 1. The number of nitrogens with zero attached hydrogens (tertiary/aromatic N) is 1. The Morgan fingerprint density at radius 1 is 1.75 bits per heavy atom. The maximum Gasteiger partial charge on any atom is 0.122 e. The minimum atomic E-state index is 0.182. The van der Waals surface area contributed by atoms with Crippen molar-refractivity contribution >= 4 is 22.2 Å².